The lowest BCUT2D eigenvalue weighted by Crippen LogP contribution is -2.22. The van der Waals surface area contributed by atoms with E-state index in [1.54, 1.807) is 6.08 Å². The van der Waals surface area contributed by atoms with Crippen molar-refractivity contribution in [2.24, 2.45) is 0 Å². The summed E-state index contributed by atoms with van der Waals surface area (Å²) in [5.74, 6) is -0.412. The second-order valence-corrected chi connectivity index (χ2v) is 6.74. The molecule has 0 unspecified atom stereocenters. The number of nitrogens with zero attached hydrogens (tertiary/aromatic N) is 2. The van der Waals surface area contributed by atoms with E-state index < -0.39 is 0 Å². The predicted molar refractivity (Wildman–Crippen MR) is 117 cm³/mol. The lowest BCUT2D eigenvalue weighted by atomic mass is 10.1. The van der Waals surface area contributed by atoms with E-state index in [-0.39, 0.29) is 11.9 Å². The smallest absolute Gasteiger partial charge is 0.305 e. The van der Waals surface area contributed by atoms with Crippen molar-refractivity contribution in [3.63, 3.8) is 0 Å². The Balaban J connectivity index is 1.69. The molecule has 1 aromatic heterocycles. The Bertz CT molecular complexity index is 995. The average Bonchev–Trinajstić information content (AvgIpc) is 3.23. The maximum absolute atomic E-state index is 12.2. The van der Waals surface area contributed by atoms with Crippen molar-refractivity contribution in [3.8, 4) is 16.9 Å². The van der Waals surface area contributed by atoms with Crippen LogP contribution in [-0.2, 0) is 14.3 Å². The van der Waals surface area contributed by atoms with Gasteiger partial charge in [-0.3, -0.25) is 9.59 Å². The molecule has 0 aliphatic heterocycles. The van der Waals surface area contributed by atoms with Crippen molar-refractivity contribution in [2.45, 2.75) is 19.3 Å². The minimum atomic E-state index is -0.231. The van der Waals surface area contributed by atoms with Gasteiger partial charge in [0.2, 0.25) is 5.91 Å². The van der Waals surface area contributed by atoms with Crippen molar-refractivity contribution < 1.29 is 14.3 Å². The molecule has 0 saturated carbocycles. The summed E-state index contributed by atoms with van der Waals surface area (Å²) in [6.07, 6.45) is 6.96. The van der Waals surface area contributed by atoms with Gasteiger partial charge >= 0.3 is 5.97 Å². The molecular formula is C24H25N3O3. The fourth-order valence-corrected chi connectivity index (χ4v) is 2.97. The Morgan fingerprint density at radius 1 is 1.03 bits per heavy atom. The molecule has 30 heavy (non-hydrogen) atoms. The molecule has 0 spiro atoms. The first-order valence-corrected chi connectivity index (χ1v) is 9.90. The first kappa shape index (κ1) is 21.0. The molecule has 0 atom stereocenters. The summed E-state index contributed by atoms with van der Waals surface area (Å²) in [5.41, 5.74) is 3.59. The third kappa shape index (κ3) is 5.91. The third-order valence-electron chi connectivity index (χ3n) is 4.56. The fourth-order valence-electron chi connectivity index (χ4n) is 2.97. The minimum Gasteiger partial charge on any atom is -0.469 e. The van der Waals surface area contributed by atoms with Gasteiger partial charge in [0.15, 0.2) is 0 Å². The van der Waals surface area contributed by atoms with Gasteiger partial charge in [-0.2, -0.15) is 5.10 Å². The highest BCUT2D eigenvalue weighted by atomic mass is 16.5. The highest BCUT2D eigenvalue weighted by Gasteiger charge is 2.10. The number of unbranched alkanes of at least 4 members (excludes halogenated alkanes) is 1. The van der Waals surface area contributed by atoms with Crippen molar-refractivity contribution in [1.82, 2.24) is 15.1 Å². The SMILES string of the molecule is COC(=O)CCCCNC(=O)/C=C/c1cn(-c2ccccc2)nc1-c1ccccc1. The second-order valence-electron chi connectivity index (χ2n) is 6.74. The number of methoxy groups -OCH3 is 1. The molecule has 0 fully saturated rings. The molecular weight excluding hydrogens is 378 g/mol. The van der Waals surface area contributed by atoms with E-state index >= 15 is 0 Å². The van der Waals surface area contributed by atoms with E-state index in [4.69, 9.17) is 5.10 Å². The number of rotatable bonds is 9. The zero-order chi connectivity index (χ0) is 21.2. The number of esters is 1. The van der Waals surface area contributed by atoms with E-state index in [0.29, 0.717) is 19.4 Å². The van der Waals surface area contributed by atoms with Crippen LogP contribution in [0.2, 0.25) is 0 Å². The Morgan fingerprint density at radius 2 is 1.73 bits per heavy atom. The van der Waals surface area contributed by atoms with Gasteiger partial charge in [-0.1, -0.05) is 48.5 Å². The first-order valence-electron chi connectivity index (χ1n) is 9.90. The maximum Gasteiger partial charge on any atom is 0.305 e. The van der Waals surface area contributed by atoms with Crippen LogP contribution in [-0.4, -0.2) is 35.3 Å². The number of benzene rings is 2. The molecule has 0 saturated heterocycles. The van der Waals surface area contributed by atoms with Crippen LogP contribution in [0.15, 0.2) is 72.9 Å². The highest BCUT2D eigenvalue weighted by Crippen LogP contribution is 2.24. The van der Waals surface area contributed by atoms with Gasteiger partial charge in [0.05, 0.1) is 18.5 Å². The number of hydrogen-bond acceptors (Lipinski definition) is 4. The Morgan fingerprint density at radius 3 is 2.43 bits per heavy atom. The van der Waals surface area contributed by atoms with E-state index in [1.165, 1.54) is 13.2 Å². The van der Waals surface area contributed by atoms with Gasteiger partial charge in [-0.25, -0.2) is 4.68 Å². The highest BCUT2D eigenvalue weighted by molar-refractivity contribution is 5.92. The number of carbonyl (C=O) groups is 2. The summed E-state index contributed by atoms with van der Waals surface area (Å²) in [5, 5.41) is 7.57. The van der Waals surface area contributed by atoms with Crippen LogP contribution in [0.1, 0.15) is 24.8 Å². The van der Waals surface area contributed by atoms with E-state index in [1.807, 2.05) is 71.5 Å². The molecule has 6 heteroatoms. The lowest BCUT2D eigenvalue weighted by molar-refractivity contribution is -0.140. The molecule has 0 aliphatic rings. The summed E-state index contributed by atoms with van der Waals surface area (Å²) in [6, 6.07) is 19.7. The molecule has 1 heterocycles. The normalized spacial score (nSPS) is 10.8. The summed E-state index contributed by atoms with van der Waals surface area (Å²) < 4.78 is 6.41. The number of para-hydroxylation sites is 1. The Labute approximate surface area is 176 Å². The fraction of sp³-hybridized carbons (Fsp3) is 0.208. The zero-order valence-corrected chi connectivity index (χ0v) is 17.0. The predicted octanol–water partition coefficient (Wildman–Crippen LogP) is 4.01. The largest absolute Gasteiger partial charge is 0.469 e. The number of nitrogens with one attached hydrogen (secondary N) is 1. The Hall–Kier alpha value is -3.67. The zero-order valence-electron chi connectivity index (χ0n) is 17.0. The topological polar surface area (TPSA) is 73.2 Å². The number of amides is 1. The van der Waals surface area contributed by atoms with Crippen LogP contribution in [0, 0.1) is 0 Å². The van der Waals surface area contributed by atoms with Crippen LogP contribution >= 0.6 is 0 Å². The monoisotopic (exact) mass is 403 g/mol. The molecule has 0 bridgehead atoms. The summed E-state index contributed by atoms with van der Waals surface area (Å²) in [7, 11) is 1.37. The van der Waals surface area contributed by atoms with Crippen LogP contribution < -0.4 is 5.32 Å². The summed E-state index contributed by atoms with van der Waals surface area (Å²) in [4.78, 5) is 23.3. The molecule has 0 aliphatic carbocycles. The van der Waals surface area contributed by atoms with Crippen LogP contribution in [0.25, 0.3) is 23.0 Å². The molecule has 154 valence electrons. The molecule has 6 nitrogen and oxygen atoms in total. The van der Waals surface area contributed by atoms with Crippen LogP contribution in [0.3, 0.4) is 0 Å². The minimum absolute atomic E-state index is 0.181. The van der Waals surface area contributed by atoms with Crippen molar-refractivity contribution in [2.75, 3.05) is 13.7 Å². The van der Waals surface area contributed by atoms with Crippen molar-refractivity contribution in [1.29, 1.82) is 0 Å². The average molecular weight is 403 g/mol. The molecule has 3 rings (SSSR count). The number of hydrogen-bond donors (Lipinski definition) is 1. The van der Waals surface area contributed by atoms with Crippen molar-refractivity contribution in [3.05, 3.63) is 78.5 Å². The summed E-state index contributed by atoms with van der Waals surface area (Å²) >= 11 is 0. The maximum atomic E-state index is 12.2. The van der Waals surface area contributed by atoms with Crippen molar-refractivity contribution >= 4 is 18.0 Å². The van der Waals surface area contributed by atoms with Gasteiger partial charge in [-0.15, -0.1) is 0 Å². The second kappa shape index (κ2) is 10.8. The van der Waals surface area contributed by atoms with Gasteiger partial charge in [0, 0.05) is 36.4 Å². The Kier molecular flexibility index (Phi) is 7.55. The number of ether oxygens (including phenoxy) is 1. The van der Waals surface area contributed by atoms with Gasteiger partial charge in [0.1, 0.15) is 0 Å². The summed E-state index contributed by atoms with van der Waals surface area (Å²) in [6.45, 7) is 0.509. The van der Waals surface area contributed by atoms with E-state index in [9.17, 15) is 9.59 Å². The van der Waals surface area contributed by atoms with Gasteiger partial charge in [-0.05, 0) is 31.1 Å². The van der Waals surface area contributed by atoms with Crippen LogP contribution in [0.4, 0.5) is 0 Å². The molecule has 1 N–H and O–H groups in total. The standard InChI is InChI=1S/C24H25N3O3/c1-30-23(29)14-8-9-17-25-22(28)16-15-20-18-27(21-12-6-3-7-13-21)26-24(20)19-10-4-2-5-11-19/h2-7,10-13,15-16,18H,8-9,14,17H2,1H3,(H,25,28)/b16-15+. The van der Waals surface area contributed by atoms with E-state index in [2.05, 4.69) is 10.1 Å². The molecule has 2 aromatic carbocycles. The van der Waals surface area contributed by atoms with Crippen LogP contribution in [0.5, 0.6) is 0 Å². The first-order chi connectivity index (χ1) is 14.7. The lowest BCUT2D eigenvalue weighted by Gasteiger charge is -2.02. The van der Waals surface area contributed by atoms with Gasteiger partial charge < -0.3 is 10.1 Å². The number of aromatic nitrogens is 2. The van der Waals surface area contributed by atoms with Gasteiger partial charge in [0.25, 0.3) is 0 Å². The quantitative estimate of drug-likeness (QED) is 0.333. The molecule has 3 aromatic rings. The number of carbonyl (C=O) groups excluding carboxylic acids is 2. The molecule has 0 radical (unpaired) electrons. The van der Waals surface area contributed by atoms with E-state index in [0.717, 1.165) is 28.9 Å². The molecule has 1 amide bonds. The third-order valence-corrected chi connectivity index (χ3v) is 4.56.